The third kappa shape index (κ3) is 6.14. The van der Waals surface area contributed by atoms with Gasteiger partial charge in [0.15, 0.2) is 0 Å². The molecule has 0 unspecified atom stereocenters. The first-order valence-corrected chi connectivity index (χ1v) is 20.2. The molecule has 0 aliphatic rings. The highest BCUT2D eigenvalue weighted by Crippen LogP contribution is 2.42. The van der Waals surface area contributed by atoms with Gasteiger partial charge in [0.25, 0.3) is 0 Å². The summed E-state index contributed by atoms with van der Waals surface area (Å²) in [6.45, 7) is 2.12. The van der Waals surface area contributed by atoms with Crippen LogP contribution in [0.1, 0.15) is 5.56 Å². The third-order valence-corrected chi connectivity index (χ3v) is 11.8. The summed E-state index contributed by atoms with van der Waals surface area (Å²) in [5.74, 6) is 0. The van der Waals surface area contributed by atoms with Gasteiger partial charge in [-0.2, -0.15) is 0 Å². The first kappa shape index (κ1) is 34.6. The van der Waals surface area contributed by atoms with Crippen LogP contribution in [0.5, 0.6) is 0 Å². The Morgan fingerprint density at radius 2 is 0.797 bits per heavy atom. The van der Waals surface area contributed by atoms with Gasteiger partial charge in [0, 0.05) is 27.8 Å². The summed E-state index contributed by atoms with van der Waals surface area (Å²) in [6.07, 6.45) is 0. The number of hydrogen-bond acceptors (Lipinski definition) is 2. The summed E-state index contributed by atoms with van der Waals surface area (Å²) in [7, 11) is 0. The lowest BCUT2D eigenvalue weighted by atomic mass is 9.93. The summed E-state index contributed by atoms with van der Waals surface area (Å²) in [5.41, 5.74) is 15.8. The van der Waals surface area contributed by atoms with Gasteiger partial charge in [0.2, 0.25) is 0 Å². The van der Waals surface area contributed by atoms with Crippen LogP contribution in [0.4, 0.5) is 17.1 Å². The summed E-state index contributed by atoms with van der Waals surface area (Å²) in [5, 5.41) is 7.36. The van der Waals surface area contributed by atoms with Gasteiger partial charge < -0.3 is 9.32 Å². The van der Waals surface area contributed by atoms with E-state index in [-0.39, 0.29) is 0 Å². The van der Waals surface area contributed by atoms with Crippen LogP contribution in [0.2, 0.25) is 0 Å². The lowest BCUT2D eigenvalue weighted by Gasteiger charge is -2.26. The van der Waals surface area contributed by atoms with Crippen molar-refractivity contribution in [3.8, 4) is 44.5 Å². The molecule has 11 rings (SSSR count). The average molecular weight is 754 g/mol. The molecule has 2 heteroatoms. The molecule has 0 atom stereocenters. The zero-order chi connectivity index (χ0) is 39.3. The fourth-order valence-electron chi connectivity index (χ4n) is 8.81. The van der Waals surface area contributed by atoms with Crippen molar-refractivity contribution >= 4 is 60.5 Å². The molecule has 1 aromatic heterocycles. The van der Waals surface area contributed by atoms with E-state index in [1.54, 1.807) is 0 Å². The molecule has 0 bridgehead atoms. The second-order valence-corrected chi connectivity index (χ2v) is 15.3. The molecule has 0 aliphatic heterocycles. The Bertz CT molecular complexity index is 3290. The second kappa shape index (κ2) is 14.4. The summed E-state index contributed by atoms with van der Waals surface area (Å²) in [4.78, 5) is 2.35. The number of hydrogen-bond donors (Lipinski definition) is 0. The molecule has 0 spiro atoms. The van der Waals surface area contributed by atoms with Gasteiger partial charge in [-0.25, -0.2) is 0 Å². The predicted molar refractivity (Wildman–Crippen MR) is 250 cm³/mol. The normalized spacial score (nSPS) is 11.5. The first-order valence-electron chi connectivity index (χ1n) is 20.2. The molecule has 0 amide bonds. The molecule has 0 radical (unpaired) electrons. The Hall–Kier alpha value is -7.68. The molecule has 0 fully saturated rings. The Morgan fingerprint density at radius 3 is 1.42 bits per heavy atom. The fourth-order valence-corrected chi connectivity index (χ4v) is 8.81. The van der Waals surface area contributed by atoms with Crippen molar-refractivity contribution in [1.82, 2.24) is 0 Å². The maximum Gasteiger partial charge on any atom is 0.138 e. The summed E-state index contributed by atoms with van der Waals surface area (Å²) >= 11 is 0. The number of aryl methyl sites for hydroxylation is 1. The van der Waals surface area contributed by atoms with E-state index in [0.717, 1.165) is 50.1 Å². The predicted octanol–water partition coefficient (Wildman–Crippen LogP) is 16.3. The van der Waals surface area contributed by atoms with Gasteiger partial charge in [0.1, 0.15) is 11.2 Å². The number of fused-ring (bicyclic) bond motifs is 6. The van der Waals surface area contributed by atoms with Gasteiger partial charge in [-0.05, 0) is 127 Å². The Morgan fingerprint density at radius 1 is 0.339 bits per heavy atom. The van der Waals surface area contributed by atoms with Gasteiger partial charge in [-0.1, -0.05) is 170 Å². The zero-order valence-corrected chi connectivity index (χ0v) is 32.6. The topological polar surface area (TPSA) is 16.4 Å². The van der Waals surface area contributed by atoms with E-state index >= 15 is 0 Å². The van der Waals surface area contributed by atoms with E-state index in [1.165, 1.54) is 60.5 Å². The van der Waals surface area contributed by atoms with Crippen LogP contribution in [0.25, 0.3) is 88.0 Å². The Kier molecular flexibility index (Phi) is 8.41. The lowest BCUT2D eigenvalue weighted by Crippen LogP contribution is -2.09. The van der Waals surface area contributed by atoms with Crippen LogP contribution in [0, 0.1) is 6.92 Å². The molecule has 10 aromatic carbocycles. The zero-order valence-electron chi connectivity index (χ0n) is 32.6. The van der Waals surface area contributed by atoms with Gasteiger partial charge in [-0.15, -0.1) is 0 Å². The maximum absolute atomic E-state index is 6.37. The Balaban J connectivity index is 0.991. The fraction of sp³-hybridized carbons (Fsp3) is 0.0175. The SMILES string of the molecule is Cc1ccc(-c2ccc(N(c3ccc(-c4ccc(-c5ccccc5)cc4)cc3)c3ccc(-c4cc5ccccc5c5ccccc45)cc3)cc2)c2c1oc1ccccc12. The molecule has 278 valence electrons. The lowest BCUT2D eigenvalue weighted by molar-refractivity contribution is 0.666. The molecule has 0 saturated carbocycles. The second-order valence-electron chi connectivity index (χ2n) is 15.3. The molecule has 0 saturated heterocycles. The average Bonchev–Trinajstić information content (AvgIpc) is 3.71. The van der Waals surface area contributed by atoms with Crippen molar-refractivity contribution in [2.75, 3.05) is 4.90 Å². The van der Waals surface area contributed by atoms with Gasteiger partial charge in [-0.3, -0.25) is 0 Å². The number of furan rings is 1. The molecule has 0 aliphatic carbocycles. The quantitative estimate of drug-likeness (QED) is 0.151. The van der Waals surface area contributed by atoms with E-state index in [1.807, 2.05) is 6.07 Å². The minimum absolute atomic E-state index is 0.913. The van der Waals surface area contributed by atoms with Crippen LogP contribution in [-0.4, -0.2) is 0 Å². The van der Waals surface area contributed by atoms with Crippen molar-refractivity contribution in [1.29, 1.82) is 0 Å². The van der Waals surface area contributed by atoms with Crippen molar-refractivity contribution in [3.05, 3.63) is 224 Å². The molecule has 59 heavy (non-hydrogen) atoms. The monoisotopic (exact) mass is 753 g/mol. The number of anilines is 3. The molecule has 11 aromatic rings. The van der Waals surface area contributed by atoms with Crippen LogP contribution >= 0.6 is 0 Å². The standard InChI is InChI=1S/C57H39NO/c1-38-19-36-50(56-53-17-9-10-18-55(53)59-57(38)56)43-26-32-47(33-27-43)58(46-30-24-42(25-31-46)41-22-20-40(21-23-41)39-11-3-2-4-12-39)48-34-28-44(29-35-48)54-37-45-13-5-6-14-49(45)51-15-7-8-16-52(51)54/h2-37H,1H3. The highest BCUT2D eigenvalue weighted by atomic mass is 16.3. The van der Waals surface area contributed by atoms with E-state index < -0.39 is 0 Å². The van der Waals surface area contributed by atoms with Crippen LogP contribution in [0.15, 0.2) is 223 Å². The molecular weight excluding hydrogens is 715 g/mol. The molecular formula is C57H39NO. The third-order valence-electron chi connectivity index (χ3n) is 11.8. The number of rotatable bonds is 7. The molecule has 1 heterocycles. The Labute approximate surface area is 343 Å². The first-order chi connectivity index (χ1) is 29.2. The summed E-state index contributed by atoms with van der Waals surface area (Å²) in [6, 6.07) is 78.8. The highest BCUT2D eigenvalue weighted by molar-refractivity contribution is 6.14. The van der Waals surface area contributed by atoms with Crippen molar-refractivity contribution in [3.63, 3.8) is 0 Å². The number of benzene rings is 10. The smallest absolute Gasteiger partial charge is 0.138 e. The van der Waals surface area contributed by atoms with Crippen LogP contribution in [0.3, 0.4) is 0 Å². The van der Waals surface area contributed by atoms with E-state index in [4.69, 9.17) is 4.42 Å². The minimum atomic E-state index is 0.913. The van der Waals surface area contributed by atoms with E-state index in [9.17, 15) is 0 Å². The summed E-state index contributed by atoms with van der Waals surface area (Å²) < 4.78 is 6.37. The molecule has 2 nitrogen and oxygen atoms in total. The van der Waals surface area contributed by atoms with Gasteiger partial charge in [0.05, 0.1) is 0 Å². The van der Waals surface area contributed by atoms with Crippen LogP contribution < -0.4 is 4.90 Å². The van der Waals surface area contributed by atoms with E-state index in [0.29, 0.717) is 0 Å². The number of para-hydroxylation sites is 1. The number of nitrogens with zero attached hydrogens (tertiary/aromatic N) is 1. The highest BCUT2D eigenvalue weighted by Gasteiger charge is 2.18. The minimum Gasteiger partial charge on any atom is -0.456 e. The largest absolute Gasteiger partial charge is 0.456 e. The van der Waals surface area contributed by atoms with Crippen molar-refractivity contribution < 1.29 is 4.42 Å². The van der Waals surface area contributed by atoms with Crippen molar-refractivity contribution in [2.24, 2.45) is 0 Å². The van der Waals surface area contributed by atoms with Gasteiger partial charge >= 0.3 is 0 Å². The van der Waals surface area contributed by atoms with Crippen molar-refractivity contribution in [2.45, 2.75) is 6.92 Å². The molecule has 0 N–H and O–H groups in total. The van der Waals surface area contributed by atoms with E-state index in [2.05, 4.69) is 224 Å². The van der Waals surface area contributed by atoms with Crippen LogP contribution in [-0.2, 0) is 0 Å². The maximum atomic E-state index is 6.37.